The third-order valence-corrected chi connectivity index (χ3v) is 2.13. The van der Waals surface area contributed by atoms with Crippen molar-refractivity contribution >= 4 is 5.69 Å². The average Bonchev–Trinajstić information content (AvgIpc) is 2.35. The Balaban J connectivity index is 2.32. The summed E-state index contributed by atoms with van der Waals surface area (Å²) in [5, 5.41) is 11.5. The van der Waals surface area contributed by atoms with Gasteiger partial charge in [-0.3, -0.25) is 0 Å². The predicted octanol–water partition coefficient (Wildman–Crippen LogP) is 2.70. The molecular formula is C13H15FN2O. The van der Waals surface area contributed by atoms with E-state index in [1.165, 1.54) is 6.07 Å². The first-order valence-electron chi connectivity index (χ1n) is 5.40. The van der Waals surface area contributed by atoms with Gasteiger partial charge in [-0.15, -0.1) is 6.58 Å². The van der Waals surface area contributed by atoms with Crippen molar-refractivity contribution in [1.82, 2.24) is 0 Å². The van der Waals surface area contributed by atoms with Crippen LogP contribution < -0.4 is 5.32 Å². The molecule has 0 radical (unpaired) electrons. The summed E-state index contributed by atoms with van der Waals surface area (Å²) in [5.74, 6) is -0.421. The van der Waals surface area contributed by atoms with Crippen LogP contribution in [0.25, 0.3) is 0 Å². The summed E-state index contributed by atoms with van der Waals surface area (Å²) in [5.41, 5.74) is 0.701. The number of nitrogens with zero attached hydrogens (tertiary/aromatic N) is 1. The first-order valence-corrected chi connectivity index (χ1v) is 5.40. The number of nitriles is 1. The van der Waals surface area contributed by atoms with Crippen molar-refractivity contribution in [3.8, 4) is 6.07 Å². The topological polar surface area (TPSA) is 45.0 Å². The summed E-state index contributed by atoms with van der Waals surface area (Å²) < 4.78 is 18.7. The van der Waals surface area contributed by atoms with E-state index in [0.29, 0.717) is 31.0 Å². The molecule has 0 saturated carbocycles. The lowest BCUT2D eigenvalue weighted by Gasteiger charge is -2.07. The molecule has 0 aliphatic heterocycles. The molecule has 0 fully saturated rings. The third kappa shape index (κ3) is 4.66. The smallest absolute Gasteiger partial charge is 0.147 e. The molecule has 1 rings (SSSR count). The number of anilines is 1. The van der Waals surface area contributed by atoms with E-state index in [9.17, 15) is 4.39 Å². The van der Waals surface area contributed by atoms with Crippen LogP contribution in [-0.4, -0.2) is 19.8 Å². The SMILES string of the molecule is C=CCCOCCNc1ccc(C#N)cc1F. The number of halogens is 1. The molecule has 1 aromatic carbocycles. The maximum absolute atomic E-state index is 13.4. The van der Waals surface area contributed by atoms with Crippen LogP contribution in [0.4, 0.5) is 10.1 Å². The highest BCUT2D eigenvalue weighted by Gasteiger charge is 2.02. The Bertz CT molecular complexity index is 412. The van der Waals surface area contributed by atoms with Crippen LogP contribution >= 0.6 is 0 Å². The fraction of sp³-hybridized carbons (Fsp3) is 0.308. The normalized spacial score (nSPS) is 9.65. The molecule has 90 valence electrons. The Morgan fingerprint density at radius 2 is 2.29 bits per heavy atom. The van der Waals surface area contributed by atoms with Gasteiger partial charge >= 0.3 is 0 Å². The summed E-state index contributed by atoms with van der Waals surface area (Å²) in [6.45, 7) is 5.24. The minimum absolute atomic E-state index is 0.315. The maximum atomic E-state index is 13.4. The zero-order valence-electron chi connectivity index (χ0n) is 9.58. The van der Waals surface area contributed by atoms with E-state index in [2.05, 4.69) is 11.9 Å². The van der Waals surface area contributed by atoms with Gasteiger partial charge in [-0.2, -0.15) is 5.26 Å². The molecule has 0 heterocycles. The lowest BCUT2D eigenvalue weighted by Crippen LogP contribution is -2.10. The summed E-state index contributed by atoms with van der Waals surface area (Å²) in [6.07, 6.45) is 2.60. The van der Waals surface area contributed by atoms with E-state index in [0.717, 1.165) is 6.42 Å². The Labute approximate surface area is 101 Å². The van der Waals surface area contributed by atoms with Gasteiger partial charge in [0.2, 0.25) is 0 Å². The molecule has 1 N–H and O–H groups in total. The molecule has 0 aromatic heterocycles. The predicted molar refractivity (Wildman–Crippen MR) is 65.2 cm³/mol. The lowest BCUT2D eigenvalue weighted by molar-refractivity contribution is 0.149. The molecule has 0 aliphatic rings. The third-order valence-electron chi connectivity index (χ3n) is 2.13. The molecule has 0 amide bonds. The van der Waals surface area contributed by atoms with E-state index in [4.69, 9.17) is 10.00 Å². The van der Waals surface area contributed by atoms with Crippen LogP contribution in [0, 0.1) is 17.1 Å². The highest BCUT2D eigenvalue weighted by molar-refractivity contribution is 5.48. The van der Waals surface area contributed by atoms with E-state index in [-0.39, 0.29) is 0 Å². The number of hydrogen-bond donors (Lipinski definition) is 1. The number of nitrogens with one attached hydrogen (secondary N) is 1. The number of rotatable bonds is 7. The Hall–Kier alpha value is -1.86. The first-order chi connectivity index (χ1) is 8.27. The number of ether oxygens (including phenoxy) is 1. The monoisotopic (exact) mass is 234 g/mol. The van der Waals surface area contributed by atoms with E-state index >= 15 is 0 Å². The van der Waals surface area contributed by atoms with Crippen molar-refractivity contribution in [1.29, 1.82) is 5.26 Å². The second kappa shape index (κ2) is 7.42. The highest BCUT2D eigenvalue weighted by Crippen LogP contribution is 2.14. The van der Waals surface area contributed by atoms with Gasteiger partial charge < -0.3 is 10.1 Å². The minimum Gasteiger partial charge on any atom is -0.380 e. The van der Waals surface area contributed by atoms with Gasteiger partial charge in [0.25, 0.3) is 0 Å². The number of hydrogen-bond acceptors (Lipinski definition) is 3. The Morgan fingerprint density at radius 1 is 1.47 bits per heavy atom. The summed E-state index contributed by atoms with van der Waals surface area (Å²) in [4.78, 5) is 0. The molecule has 4 heteroatoms. The van der Waals surface area contributed by atoms with E-state index in [1.54, 1.807) is 18.2 Å². The van der Waals surface area contributed by atoms with Crippen LogP contribution in [0.15, 0.2) is 30.9 Å². The van der Waals surface area contributed by atoms with Gasteiger partial charge in [0, 0.05) is 6.54 Å². The van der Waals surface area contributed by atoms with Gasteiger partial charge in [0.1, 0.15) is 5.82 Å². The summed E-state index contributed by atoms with van der Waals surface area (Å²) in [7, 11) is 0. The molecule has 17 heavy (non-hydrogen) atoms. The minimum atomic E-state index is -0.421. The fourth-order valence-corrected chi connectivity index (χ4v) is 1.25. The molecule has 0 saturated heterocycles. The van der Waals surface area contributed by atoms with Gasteiger partial charge in [-0.1, -0.05) is 6.08 Å². The van der Waals surface area contributed by atoms with E-state index in [1.807, 2.05) is 6.07 Å². The molecule has 0 unspecified atom stereocenters. The molecule has 3 nitrogen and oxygen atoms in total. The van der Waals surface area contributed by atoms with Crippen molar-refractivity contribution in [2.24, 2.45) is 0 Å². The Morgan fingerprint density at radius 3 is 2.94 bits per heavy atom. The zero-order chi connectivity index (χ0) is 12.5. The second-order valence-electron chi connectivity index (χ2n) is 3.42. The lowest BCUT2D eigenvalue weighted by atomic mass is 10.2. The summed E-state index contributed by atoms with van der Waals surface area (Å²) in [6, 6.07) is 6.22. The quantitative estimate of drug-likeness (QED) is 0.582. The molecule has 0 spiro atoms. The van der Waals surface area contributed by atoms with Gasteiger partial charge in [0.05, 0.1) is 30.5 Å². The zero-order valence-corrected chi connectivity index (χ0v) is 9.58. The maximum Gasteiger partial charge on any atom is 0.147 e. The van der Waals surface area contributed by atoms with Crippen molar-refractivity contribution < 1.29 is 9.13 Å². The van der Waals surface area contributed by atoms with Crippen molar-refractivity contribution in [3.05, 3.63) is 42.2 Å². The van der Waals surface area contributed by atoms with Crippen LogP contribution in [0.2, 0.25) is 0 Å². The van der Waals surface area contributed by atoms with Gasteiger partial charge in [-0.05, 0) is 24.6 Å². The average molecular weight is 234 g/mol. The highest BCUT2D eigenvalue weighted by atomic mass is 19.1. The standard InChI is InChI=1S/C13H15FN2O/c1-2-3-7-17-8-6-16-13-5-4-11(10-15)9-12(13)14/h2,4-5,9,16H,1,3,6-8H2. The van der Waals surface area contributed by atoms with E-state index < -0.39 is 5.82 Å². The fourth-order valence-electron chi connectivity index (χ4n) is 1.25. The van der Waals surface area contributed by atoms with Crippen LogP contribution in [0.1, 0.15) is 12.0 Å². The number of benzene rings is 1. The summed E-state index contributed by atoms with van der Waals surface area (Å²) >= 11 is 0. The first kappa shape index (κ1) is 13.2. The van der Waals surface area contributed by atoms with Crippen molar-refractivity contribution in [2.75, 3.05) is 25.1 Å². The molecule has 0 bridgehead atoms. The molecule has 0 atom stereocenters. The molecule has 1 aromatic rings. The van der Waals surface area contributed by atoms with Crippen molar-refractivity contribution in [3.63, 3.8) is 0 Å². The van der Waals surface area contributed by atoms with Crippen LogP contribution in [0.5, 0.6) is 0 Å². The van der Waals surface area contributed by atoms with Crippen molar-refractivity contribution in [2.45, 2.75) is 6.42 Å². The van der Waals surface area contributed by atoms with Gasteiger partial charge in [0.15, 0.2) is 0 Å². The molecular weight excluding hydrogens is 219 g/mol. The largest absolute Gasteiger partial charge is 0.380 e. The van der Waals surface area contributed by atoms with Gasteiger partial charge in [-0.25, -0.2) is 4.39 Å². The second-order valence-corrected chi connectivity index (χ2v) is 3.42. The van der Waals surface area contributed by atoms with Crippen LogP contribution in [-0.2, 0) is 4.74 Å². The Kier molecular flexibility index (Phi) is 5.76. The molecule has 0 aliphatic carbocycles. The van der Waals surface area contributed by atoms with Crippen LogP contribution in [0.3, 0.4) is 0 Å².